The van der Waals surface area contributed by atoms with E-state index in [-0.39, 0.29) is 5.69 Å². The Morgan fingerprint density at radius 3 is 2.68 bits per heavy atom. The second-order valence-electron chi connectivity index (χ2n) is 4.19. The zero-order valence-corrected chi connectivity index (χ0v) is 11.6. The molecule has 5 nitrogen and oxygen atoms in total. The van der Waals surface area contributed by atoms with Crippen molar-refractivity contribution in [2.75, 3.05) is 0 Å². The van der Waals surface area contributed by atoms with Gasteiger partial charge in [-0.15, -0.1) is 0 Å². The van der Waals surface area contributed by atoms with Gasteiger partial charge in [0, 0.05) is 29.5 Å². The fourth-order valence-electron chi connectivity index (χ4n) is 2.05. The van der Waals surface area contributed by atoms with Crippen LogP contribution in [0.3, 0.4) is 0 Å². The van der Waals surface area contributed by atoms with Crippen LogP contribution in [0.25, 0.3) is 17.0 Å². The molecule has 2 heterocycles. The number of carboxylic acid groups (broad SMARTS) is 1. The van der Waals surface area contributed by atoms with Gasteiger partial charge in [-0.05, 0) is 6.07 Å². The maximum absolute atomic E-state index is 11.0. The molecule has 0 spiro atoms. The molecule has 0 saturated heterocycles. The summed E-state index contributed by atoms with van der Waals surface area (Å²) in [5.41, 5.74) is 1.99. The van der Waals surface area contributed by atoms with Crippen LogP contribution in [0.4, 0.5) is 0 Å². The lowest BCUT2D eigenvalue weighted by Gasteiger charge is -1.99. The predicted octanol–water partition coefficient (Wildman–Crippen LogP) is 2.80. The van der Waals surface area contributed by atoms with E-state index in [1.165, 1.54) is 0 Å². The molecular weight excluding hydrogens is 310 g/mol. The standard InChI is InChI=1S/C13H10BrN3O2/c1-16-11(12(18)19)7-17-6-10(15-13(16)17)8-4-2-3-5-9(8)14/h2-7H,1H3,(H,18,19). The van der Waals surface area contributed by atoms with Crippen molar-refractivity contribution in [1.29, 1.82) is 0 Å². The molecule has 0 atom stereocenters. The number of aromatic nitrogens is 3. The highest BCUT2D eigenvalue weighted by Crippen LogP contribution is 2.27. The summed E-state index contributed by atoms with van der Waals surface area (Å²) in [6.45, 7) is 0. The summed E-state index contributed by atoms with van der Waals surface area (Å²) in [5.74, 6) is -0.362. The van der Waals surface area contributed by atoms with Crippen molar-refractivity contribution in [2.24, 2.45) is 7.05 Å². The summed E-state index contributed by atoms with van der Waals surface area (Å²) in [6, 6.07) is 7.78. The van der Waals surface area contributed by atoms with E-state index >= 15 is 0 Å². The van der Waals surface area contributed by atoms with E-state index < -0.39 is 5.97 Å². The highest BCUT2D eigenvalue weighted by Gasteiger charge is 2.15. The highest BCUT2D eigenvalue weighted by molar-refractivity contribution is 9.10. The second kappa shape index (κ2) is 4.24. The number of carboxylic acids is 1. The van der Waals surface area contributed by atoms with Crippen molar-refractivity contribution in [3.63, 3.8) is 0 Å². The van der Waals surface area contributed by atoms with Gasteiger partial charge in [0.1, 0.15) is 5.69 Å². The van der Waals surface area contributed by atoms with Gasteiger partial charge >= 0.3 is 5.97 Å². The van der Waals surface area contributed by atoms with E-state index in [0.717, 1.165) is 15.7 Å². The third kappa shape index (κ3) is 1.84. The first kappa shape index (κ1) is 12.0. The summed E-state index contributed by atoms with van der Waals surface area (Å²) in [5, 5.41) is 9.05. The first-order valence-corrected chi connectivity index (χ1v) is 6.40. The molecule has 6 heteroatoms. The number of hydrogen-bond donors (Lipinski definition) is 1. The monoisotopic (exact) mass is 319 g/mol. The molecule has 0 aliphatic rings. The fourth-order valence-corrected chi connectivity index (χ4v) is 2.54. The minimum atomic E-state index is -0.963. The van der Waals surface area contributed by atoms with E-state index in [2.05, 4.69) is 20.9 Å². The second-order valence-corrected chi connectivity index (χ2v) is 5.05. The molecule has 0 amide bonds. The van der Waals surface area contributed by atoms with Crippen molar-refractivity contribution < 1.29 is 9.90 Å². The van der Waals surface area contributed by atoms with Crippen LogP contribution in [0.1, 0.15) is 10.5 Å². The molecule has 96 valence electrons. The van der Waals surface area contributed by atoms with Crippen molar-refractivity contribution in [1.82, 2.24) is 14.0 Å². The molecule has 1 N–H and O–H groups in total. The Morgan fingerprint density at radius 1 is 1.32 bits per heavy atom. The molecule has 1 aromatic carbocycles. The van der Waals surface area contributed by atoms with Crippen LogP contribution in [-0.2, 0) is 7.05 Å². The number of halogens is 1. The largest absolute Gasteiger partial charge is 0.477 e. The topological polar surface area (TPSA) is 59.5 Å². The van der Waals surface area contributed by atoms with Gasteiger partial charge in [0.15, 0.2) is 0 Å². The third-order valence-corrected chi connectivity index (χ3v) is 3.70. The summed E-state index contributed by atoms with van der Waals surface area (Å²) < 4.78 is 4.23. The van der Waals surface area contributed by atoms with E-state index in [1.807, 2.05) is 30.5 Å². The first-order chi connectivity index (χ1) is 9.08. The lowest BCUT2D eigenvalue weighted by atomic mass is 10.2. The van der Waals surface area contributed by atoms with Crippen molar-refractivity contribution >= 4 is 27.7 Å². The number of nitrogens with zero attached hydrogens (tertiary/aromatic N) is 3. The predicted molar refractivity (Wildman–Crippen MR) is 74.3 cm³/mol. The van der Waals surface area contributed by atoms with Gasteiger partial charge in [-0.25, -0.2) is 9.78 Å². The molecule has 0 bridgehead atoms. The van der Waals surface area contributed by atoms with Gasteiger partial charge in [-0.2, -0.15) is 0 Å². The molecule has 19 heavy (non-hydrogen) atoms. The van der Waals surface area contributed by atoms with E-state index in [0.29, 0.717) is 5.78 Å². The number of aromatic carboxylic acids is 1. The van der Waals surface area contributed by atoms with Gasteiger partial charge < -0.3 is 9.67 Å². The van der Waals surface area contributed by atoms with Crippen molar-refractivity contribution in [2.45, 2.75) is 0 Å². The van der Waals surface area contributed by atoms with E-state index in [1.54, 1.807) is 22.2 Å². The van der Waals surface area contributed by atoms with E-state index in [9.17, 15) is 4.79 Å². The maximum atomic E-state index is 11.0. The number of carbonyl (C=O) groups is 1. The van der Waals surface area contributed by atoms with Gasteiger partial charge in [-0.1, -0.05) is 34.1 Å². The summed E-state index contributed by atoms with van der Waals surface area (Å²) in [4.78, 5) is 15.5. The lowest BCUT2D eigenvalue weighted by Crippen LogP contribution is -2.04. The van der Waals surface area contributed by atoms with Gasteiger partial charge in [0.25, 0.3) is 0 Å². The third-order valence-electron chi connectivity index (χ3n) is 3.00. The average molecular weight is 320 g/mol. The van der Waals surface area contributed by atoms with Crippen molar-refractivity contribution in [3.8, 4) is 11.3 Å². The Kier molecular flexibility index (Phi) is 2.67. The maximum Gasteiger partial charge on any atom is 0.354 e. The summed E-state index contributed by atoms with van der Waals surface area (Å²) >= 11 is 3.48. The zero-order valence-electron chi connectivity index (χ0n) is 10.0. The Hall–Kier alpha value is -2.08. The Balaban J connectivity index is 2.19. The smallest absolute Gasteiger partial charge is 0.354 e. The molecule has 3 aromatic rings. The number of benzene rings is 1. The first-order valence-electron chi connectivity index (χ1n) is 5.60. The number of hydrogen-bond acceptors (Lipinski definition) is 2. The Morgan fingerprint density at radius 2 is 2.05 bits per heavy atom. The van der Waals surface area contributed by atoms with Crippen LogP contribution in [-0.4, -0.2) is 25.0 Å². The van der Waals surface area contributed by atoms with Crippen LogP contribution < -0.4 is 0 Å². The summed E-state index contributed by atoms with van der Waals surface area (Å²) in [7, 11) is 1.69. The molecule has 2 aromatic heterocycles. The van der Waals surface area contributed by atoms with Crippen molar-refractivity contribution in [3.05, 3.63) is 46.8 Å². The molecule has 0 aliphatic heterocycles. The highest BCUT2D eigenvalue weighted by atomic mass is 79.9. The number of aryl methyl sites for hydroxylation is 1. The normalized spacial score (nSPS) is 11.1. The molecule has 3 rings (SSSR count). The van der Waals surface area contributed by atoms with Gasteiger partial charge in [0.2, 0.25) is 5.78 Å². The van der Waals surface area contributed by atoms with Gasteiger partial charge in [0.05, 0.1) is 5.69 Å². The zero-order chi connectivity index (χ0) is 13.6. The Bertz CT molecular complexity index is 788. The van der Waals surface area contributed by atoms with Crippen LogP contribution in [0, 0.1) is 0 Å². The minimum absolute atomic E-state index is 0.209. The fraction of sp³-hybridized carbons (Fsp3) is 0.0769. The van der Waals surface area contributed by atoms with Crippen LogP contribution in [0.15, 0.2) is 41.1 Å². The minimum Gasteiger partial charge on any atom is -0.477 e. The molecule has 0 radical (unpaired) electrons. The average Bonchev–Trinajstić information content (AvgIpc) is 2.90. The lowest BCUT2D eigenvalue weighted by molar-refractivity contribution is 0.0687. The molecule has 0 saturated carbocycles. The quantitative estimate of drug-likeness (QED) is 0.790. The molecule has 0 fully saturated rings. The van der Waals surface area contributed by atoms with E-state index in [4.69, 9.17) is 5.11 Å². The number of rotatable bonds is 2. The number of fused-ring (bicyclic) bond motifs is 1. The Labute approximate surface area is 117 Å². The molecular formula is C13H10BrN3O2. The van der Waals surface area contributed by atoms with Crippen LogP contribution in [0.2, 0.25) is 0 Å². The number of imidazole rings is 2. The SMILES string of the molecule is Cn1c(C(=O)O)cn2cc(-c3ccccc3Br)nc12. The summed E-state index contributed by atoms with van der Waals surface area (Å²) in [6.07, 6.45) is 3.38. The van der Waals surface area contributed by atoms with Crippen LogP contribution in [0.5, 0.6) is 0 Å². The van der Waals surface area contributed by atoms with Crippen LogP contribution >= 0.6 is 15.9 Å². The molecule has 0 aliphatic carbocycles. The van der Waals surface area contributed by atoms with Gasteiger partial charge in [-0.3, -0.25) is 4.40 Å². The molecule has 0 unspecified atom stereocenters.